The van der Waals surface area contributed by atoms with E-state index in [1.165, 1.54) is 0 Å². The van der Waals surface area contributed by atoms with Crippen LogP contribution in [0.25, 0.3) is 11.0 Å². The number of hydrogen-bond donors (Lipinski definition) is 0. The van der Waals surface area contributed by atoms with E-state index in [0.717, 1.165) is 91.0 Å². The number of likely N-dealkylation sites (tertiary alicyclic amines) is 1. The van der Waals surface area contributed by atoms with E-state index in [0.29, 0.717) is 5.92 Å². The summed E-state index contributed by atoms with van der Waals surface area (Å²) in [5, 5.41) is 5.47. The molecule has 1 aliphatic carbocycles. The van der Waals surface area contributed by atoms with E-state index in [1.807, 2.05) is 35.7 Å². The van der Waals surface area contributed by atoms with E-state index >= 15 is 0 Å². The maximum absolute atomic E-state index is 14.0. The van der Waals surface area contributed by atoms with Crippen LogP contribution in [0.1, 0.15) is 90.7 Å². The summed E-state index contributed by atoms with van der Waals surface area (Å²) in [6.07, 6.45) is 7.40. The van der Waals surface area contributed by atoms with Crippen LogP contribution in [0.3, 0.4) is 0 Å². The molecular weight excluding hydrogens is 376 g/mol. The molecule has 1 atom stereocenters. The minimum absolute atomic E-state index is 0.00938. The van der Waals surface area contributed by atoms with Crippen molar-refractivity contribution in [2.75, 3.05) is 6.54 Å². The average Bonchev–Trinajstić information content (AvgIpc) is 3.48. The molecule has 0 radical (unpaired) electrons. The van der Waals surface area contributed by atoms with E-state index in [9.17, 15) is 4.79 Å². The van der Waals surface area contributed by atoms with E-state index in [4.69, 9.17) is 9.40 Å². The summed E-state index contributed by atoms with van der Waals surface area (Å²) in [6, 6.07) is 6.13. The Hall–Kier alpha value is -2.63. The van der Waals surface area contributed by atoms with Crippen molar-refractivity contribution < 1.29 is 9.21 Å². The third kappa shape index (κ3) is 3.32. The van der Waals surface area contributed by atoms with Crippen molar-refractivity contribution in [1.29, 1.82) is 0 Å². The van der Waals surface area contributed by atoms with E-state index in [1.54, 1.807) is 0 Å². The molecule has 30 heavy (non-hydrogen) atoms. The maximum Gasteiger partial charge on any atom is 0.255 e. The molecule has 0 N–H and O–H groups in total. The van der Waals surface area contributed by atoms with Crippen LogP contribution in [0, 0.1) is 6.92 Å². The fourth-order valence-corrected chi connectivity index (χ4v) is 4.79. The number of rotatable bonds is 4. The van der Waals surface area contributed by atoms with Gasteiger partial charge >= 0.3 is 0 Å². The van der Waals surface area contributed by atoms with Crippen molar-refractivity contribution >= 4 is 16.9 Å². The normalized spacial score (nSPS) is 20.0. The van der Waals surface area contributed by atoms with E-state index in [2.05, 4.69) is 18.1 Å². The minimum atomic E-state index is -0.00938. The van der Waals surface area contributed by atoms with E-state index < -0.39 is 0 Å². The van der Waals surface area contributed by atoms with Crippen LogP contribution in [0.4, 0.5) is 0 Å². The number of hydrogen-bond acceptors (Lipinski definition) is 4. The first-order chi connectivity index (χ1) is 14.6. The third-order valence-corrected chi connectivity index (χ3v) is 6.59. The van der Waals surface area contributed by atoms with Gasteiger partial charge in [-0.1, -0.05) is 19.8 Å². The Balaban J connectivity index is 1.60. The Morgan fingerprint density at radius 3 is 2.77 bits per heavy atom. The molecule has 1 aliphatic heterocycles. The number of carbonyl (C=O) groups is 1. The zero-order chi connectivity index (χ0) is 20.8. The Morgan fingerprint density at radius 1 is 1.20 bits per heavy atom. The topological polar surface area (TPSA) is 64.2 Å². The van der Waals surface area contributed by atoms with Crippen LogP contribution < -0.4 is 0 Å². The summed E-state index contributed by atoms with van der Waals surface area (Å²) >= 11 is 0. The highest BCUT2D eigenvalue weighted by atomic mass is 16.3. The summed E-state index contributed by atoms with van der Waals surface area (Å²) in [6.45, 7) is 4.82. The predicted molar refractivity (Wildman–Crippen MR) is 116 cm³/mol. The van der Waals surface area contributed by atoms with Gasteiger partial charge in [-0.05, 0) is 50.8 Å². The Labute approximate surface area is 177 Å². The smallest absolute Gasteiger partial charge is 0.255 e. The lowest BCUT2D eigenvalue weighted by molar-refractivity contribution is 0.0659. The summed E-state index contributed by atoms with van der Waals surface area (Å²) in [5.74, 6) is 2.46. The molecule has 1 saturated carbocycles. The highest BCUT2D eigenvalue weighted by molar-refractivity contribution is 6.06. The number of fused-ring (bicyclic) bond motifs is 1. The Morgan fingerprint density at radius 2 is 2.03 bits per heavy atom. The molecule has 3 aromatic heterocycles. The minimum Gasteiger partial charge on any atom is -0.464 e. The lowest BCUT2D eigenvalue weighted by atomic mass is 10.0. The molecule has 0 spiro atoms. The predicted octanol–water partition coefficient (Wildman–Crippen LogP) is 5.07. The SMILES string of the molecule is CCc1ccc(C2CCCCCN2C(=O)c2cc(C3CC3)nc3c2c(C)nn3C)o1. The van der Waals surface area contributed by atoms with Crippen molar-refractivity contribution in [2.45, 2.75) is 70.8 Å². The zero-order valence-corrected chi connectivity index (χ0v) is 18.1. The van der Waals surface area contributed by atoms with Gasteiger partial charge in [-0.15, -0.1) is 0 Å². The van der Waals surface area contributed by atoms with Gasteiger partial charge < -0.3 is 9.32 Å². The number of amides is 1. The van der Waals surface area contributed by atoms with Crippen molar-refractivity contribution in [3.63, 3.8) is 0 Å². The number of furan rings is 1. The van der Waals surface area contributed by atoms with Gasteiger partial charge in [0.1, 0.15) is 11.5 Å². The van der Waals surface area contributed by atoms with Crippen molar-refractivity contribution in [1.82, 2.24) is 19.7 Å². The molecule has 0 aromatic carbocycles. The fraction of sp³-hybridized carbons (Fsp3) is 0.542. The Kier molecular flexibility index (Phi) is 4.88. The summed E-state index contributed by atoms with van der Waals surface area (Å²) in [5.41, 5.74) is 3.47. The summed E-state index contributed by atoms with van der Waals surface area (Å²) in [7, 11) is 1.91. The van der Waals surface area contributed by atoms with Gasteiger partial charge in [-0.3, -0.25) is 9.48 Å². The fourth-order valence-electron chi connectivity index (χ4n) is 4.79. The average molecular weight is 407 g/mol. The molecule has 1 amide bonds. The zero-order valence-electron chi connectivity index (χ0n) is 18.1. The third-order valence-electron chi connectivity index (χ3n) is 6.59. The lowest BCUT2D eigenvalue weighted by Crippen LogP contribution is -2.35. The van der Waals surface area contributed by atoms with Gasteiger partial charge in [-0.25, -0.2) is 4.98 Å². The van der Waals surface area contributed by atoms with Crippen LogP contribution >= 0.6 is 0 Å². The quantitative estimate of drug-likeness (QED) is 0.607. The molecule has 6 nitrogen and oxygen atoms in total. The second-order valence-corrected chi connectivity index (χ2v) is 8.80. The molecule has 1 saturated heterocycles. The van der Waals surface area contributed by atoms with Crippen molar-refractivity contribution in [3.05, 3.63) is 46.7 Å². The highest BCUT2D eigenvalue weighted by Crippen LogP contribution is 2.41. The number of carbonyl (C=O) groups excluding carboxylic acids is 1. The van der Waals surface area contributed by atoms with Crippen molar-refractivity contribution in [3.8, 4) is 0 Å². The Bertz CT molecular complexity index is 1090. The molecule has 2 fully saturated rings. The van der Waals surface area contributed by atoms with Gasteiger partial charge in [0.25, 0.3) is 5.91 Å². The van der Waals surface area contributed by atoms with Crippen LogP contribution in [0.15, 0.2) is 22.6 Å². The van der Waals surface area contributed by atoms with Gasteiger partial charge in [0.05, 0.1) is 22.7 Å². The molecule has 3 aromatic rings. The number of aryl methyl sites for hydroxylation is 3. The van der Waals surface area contributed by atoms with Gasteiger partial charge in [0.2, 0.25) is 0 Å². The number of nitrogens with zero attached hydrogens (tertiary/aromatic N) is 4. The van der Waals surface area contributed by atoms with E-state index in [-0.39, 0.29) is 11.9 Å². The van der Waals surface area contributed by atoms with Gasteiger partial charge in [0, 0.05) is 31.6 Å². The molecule has 0 bridgehead atoms. The number of pyridine rings is 1. The molecule has 158 valence electrons. The van der Waals surface area contributed by atoms with Crippen molar-refractivity contribution in [2.24, 2.45) is 7.05 Å². The molecule has 1 unspecified atom stereocenters. The highest BCUT2D eigenvalue weighted by Gasteiger charge is 2.33. The second kappa shape index (κ2) is 7.56. The molecule has 6 heteroatoms. The standard InChI is InChI=1S/C24H30N4O2/c1-4-17-11-12-21(30-17)20-8-6-5-7-13-28(20)24(29)18-14-19(16-9-10-16)25-23-22(18)15(2)26-27(23)3/h11-12,14,16,20H,4-10,13H2,1-3H3. The van der Waals surface area contributed by atoms with Crippen LogP contribution in [-0.2, 0) is 13.5 Å². The molecule has 4 heterocycles. The molecular formula is C24H30N4O2. The largest absolute Gasteiger partial charge is 0.464 e. The van der Waals surface area contributed by atoms with Crippen LogP contribution in [0.5, 0.6) is 0 Å². The first-order valence-corrected chi connectivity index (χ1v) is 11.3. The second-order valence-electron chi connectivity index (χ2n) is 8.80. The molecule has 5 rings (SSSR count). The first-order valence-electron chi connectivity index (χ1n) is 11.3. The maximum atomic E-state index is 14.0. The monoisotopic (exact) mass is 406 g/mol. The van der Waals surface area contributed by atoms with Crippen LogP contribution in [0.2, 0.25) is 0 Å². The molecule has 2 aliphatic rings. The summed E-state index contributed by atoms with van der Waals surface area (Å²) in [4.78, 5) is 20.9. The van der Waals surface area contributed by atoms with Crippen LogP contribution in [-0.4, -0.2) is 32.1 Å². The van der Waals surface area contributed by atoms with Gasteiger partial charge in [0.15, 0.2) is 5.65 Å². The summed E-state index contributed by atoms with van der Waals surface area (Å²) < 4.78 is 7.92. The number of aromatic nitrogens is 3. The first kappa shape index (κ1) is 19.3. The van der Waals surface area contributed by atoms with Gasteiger partial charge in [-0.2, -0.15) is 5.10 Å². The lowest BCUT2D eigenvalue weighted by Gasteiger charge is -2.29.